The molecule has 2 amide bonds. The van der Waals surface area contributed by atoms with Crippen molar-refractivity contribution in [1.82, 2.24) is 9.91 Å². The maximum Gasteiger partial charge on any atom is 0.262 e. The summed E-state index contributed by atoms with van der Waals surface area (Å²) in [7, 11) is 4.49. The molecule has 3 aromatic carbocycles. The number of hydrazone groups is 1. The van der Waals surface area contributed by atoms with Crippen molar-refractivity contribution in [2.24, 2.45) is 5.10 Å². The second kappa shape index (κ2) is 10.6. The van der Waals surface area contributed by atoms with Gasteiger partial charge in [0.05, 0.1) is 26.0 Å². The van der Waals surface area contributed by atoms with Crippen LogP contribution in [0, 0.1) is 11.6 Å². The summed E-state index contributed by atoms with van der Waals surface area (Å²) in [5.74, 6) is -0.980. The van der Waals surface area contributed by atoms with Gasteiger partial charge in [0.25, 0.3) is 11.8 Å². The lowest BCUT2D eigenvalue weighted by Crippen LogP contribution is -2.39. The number of hydrogen-bond donors (Lipinski definition) is 0. The first kappa shape index (κ1) is 24.8. The number of methoxy groups -OCH3 is 2. The molecule has 0 saturated carbocycles. The van der Waals surface area contributed by atoms with E-state index in [4.69, 9.17) is 9.47 Å². The largest absolute Gasteiger partial charge is 0.497 e. The van der Waals surface area contributed by atoms with Gasteiger partial charge >= 0.3 is 0 Å². The van der Waals surface area contributed by atoms with E-state index in [0.29, 0.717) is 28.3 Å². The summed E-state index contributed by atoms with van der Waals surface area (Å²) in [5.41, 5.74) is 1.58. The Morgan fingerprint density at radius 2 is 1.81 bits per heavy atom. The first-order chi connectivity index (χ1) is 17.3. The Hall–Kier alpha value is -4.27. The van der Waals surface area contributed by atoms with E-state index in [-0.39, 0.29) is 18.5 Å². The molecule has 0 N–H and O–H groups in total. The molecule has 0 aromatic heterocycles. The number of amides is 2. The van der Waals surface area contributed by atoms with Crippen molar-refractivity contribution in [3.63, 3.8) is 0 Å². The van der Waals surface area contributed by atoms with Gasteiger partial charge in [-0.3, -0.25) is 9.59 Å². The van der Waals surface area contributed by atoms with Crippen LogP contribution >= 0.6 is 0 Å². The van der Waals surface area contributed by atoms with E-state index < -0.39 is 29.5 Å². The molecule has 4 rings (SSSR count). The van der Waals surface area contributed by atoms with E-state index in [2.05, 4.69) is 5.10 Å². The Kier molecular flexibility index (Phi) is 7.28. The molecule has 0 bridgehead atoms. The average Bonchev–Trinajstić information content (AvgIpc) is 3.33. The Bertz CT molecular complexity index is 1330. The number of halogens is 2. The molecule has 3 aromatic rings. The number of nitrogens with zero attached hydrogens (tertiary/aromatic N) is 3. The van der Waals surface area contributed by atoms with E-state index in [0.717, 1.165) is 6.07 Å². The fourth-order valence-corrected chi connectivity index (χ4v) is 4.12. The van der Waals surface area contributed by atoms with Gasteiger partial charge in [0.15, 0.2) is 0 Å². The second-order valence-electron chi connectivity index (χ2n) is 8.26. The molecule has 1 heterocycles. The quantitative estimate of drug-likeness (QED) is 0.488. The number of carbonyl (C=O) groups is 2. The molecule has 36 heavy (non-hydrogen) atoms. The lowest BCUT2D eigenvalue weighted by molar-refractivity contribution is -0.133. The first-order valence-corrected chi connectivity index (χ1v) is 11.2. The van der Waals surface area contributed by atoms with Crippen molar-refractivity contribution in [3.05, 3.63) is 95.1 Å². The van der Waals surface area contributed by atoms with Crippen molar-refractivity contribution in [2.75, 3.05) is 27.8 Å². The van der Waals surface area contributed by atoms with Gasteiger partial charge in [0, 0.05) is 36.2 Å². The molecule has 0 spiro atoms. The average molecular weight is 494 g/mol. The molecule has 1 atom stereocenters. The monoisotopic (exact) mass is 493 g/mol. The minimum Gasteiger partial charge on any atom is -0.497 e. The lowest BCUT2D eigenvalue weighted by Gasteiger charge is -2.25. The summed E-state index contributed by atoms with van der Waals surface area (Å²) in [5, 5.41) is 5.74. The van der Waals surface area contributed by atoms with Crippen LogP contribution in [0.2, 0.25) is 0 Å². The van der Waals surface area contributed by atoms with Crippen molar-refractivity contribution >= 4 is 17.5 Å². The van der Waals surface area contributed by atoms with Gasteiger partial charge in [-0.1, -0.05) is 24.3 Å². The van der Waals surface area contributed by atoms with Crippen LogP contribution in [0.25, 0.3) is 0 Å². The van der Waals surface area contributed by atoms with Crippen LogP contribution in [0.4, 0.5) is 8.78 Å². The fraction of sp³-hybridized carbons (Fsp3) is 0.222. The second-order valence-corrected chi connectivity index (χ2v) is 8.26. The zero-order chi connectivity index (χ0) is 25.8. The molecule has 0 fully saturated rings. The van der Waals surface area contributed by atoms with Gasteiger partial charge in [0.1, 0.15) is 29.7 Å². The number of carbonyl (C=O) groups excluding carboxylic acids is 2. The number of ether oxygens (including phenoxy) is 2. The third kappa shape index (κ3) is 5.05. The van der Waals surface area contributed by atoms with E-state index in [1.807, 2.05) is 0 Å². The summed E-state index contributed by atoms with van der Waals surface area (Å²) in [6.45, 7) is -0.336. The highest BCUT2D eigenvalue weighted by molar-refractivity contribution is 6.05. The van der Waals surface area contributed by atoms with E-state index in [1.165, 1.54) is 55.4 Å². The van der Waals surface area contributed by atoms with E-state index in [1.54, 1.807) is 36.4 Å². The van der Waals surface area contributed by atoms with Crippen molar-refractivity contribution in [3.8, 4) is 11.5 Å². The molecule has 186 valence electrons. The molecule has 9 heteroatoms. The number of hydrogen-bond acceptors (Lipinski definition) is 5. The summed E-state index contributed by atoms with van der Waals surface area (Å²) in [6.07, 6.45) is 0.233. The highest BCUT2D eigenvalue weighted by Crippen LogP contribution is 2.37. The van der Waals surface area contributed by atoms with Gasteiger partial charge in [-0.25, -0.2) is 13.8 Å². The van der Waals surface area contributed by atoms with Crippen LogP contribution in [0.5, 0.6) is 11.5 Å². The van der Waals surface area contributed by atoms with Crippen LogP contribution in [-0.2, 0) is 4.79 Å². The first-order valence-electron chi connectivity index (χ1n) is 11.2. The Morgan fingerprint density at radius 3 is 2.50 bits per heavy atom. The van der Waals surface area contributed by atoms with E-state index >= 15 is 0 Å². The molecule has 7 nitrogen and oxygen atoms in total. The topological polar surface area (TPSA) is 71.4 Å². The van der Waals surface area contributed by atoms with Gasteiger partial charge < -0.3 is 14.4 Å². The number of benzene rings is 3. The zero-order valence-corrected chi connectivity index (χ0v) is 20.1. The minimum absolute atomic E-state index is 0.115. The van der Waals surface area contributed by atoms with Gasteiger partial charge in [-0.15, -0.1) is 0 Å². The predicted molar refractivity (Wildman–Crippen MR) is 130 cm³/mol. The normalized spacial score (nSPS) is 14.9. The maximum absolute atomic E-state index is 14.8. The van der Waals surface area contributed by atoms with E-state index in [9.17, 15) is 18.4 Å². The van der Waals surface area contributed by atoms with Crippen LogP contribution in [0.15, 0.2) is 71.8 Å². The SMILES string of the molecule is COc1ccc(C2=NN(C(=O)CN(C)C(=O)c3cccc(F)c3)C(c3ccccc3F)C2)c(OC)c1. The van der Waals surface area contributed by atoms with Gasteiger partial charge in [0.2, 0.25) is 0 Å². The predicted octanol–water partition coefficient (Wildman–Crippen LogP) is 4.43. The third-order valence-electron chi connectivity index (χ3n) is 5.94. The molecular weight excluding hydrogens is 468 g/mol. The molecule has 1 unspecified atom stereocenters. The minimum atomic E-state index is -0.724. The van der Waals surface area contributed by atoms with Crippen LogP contribution in [-0.4, -0.2) is 55.2 Å². The summed E-state index contributed by atoms with van der Waals surface area (Å²) >= 11 is 0. The Balaban J connectivity index is 1.65. The molecule has 0 radical (unpaired) electrons. The van der Waals surface area contributed by atoms with Crippen molar-refractivity contribution < 1.29 is 27.8 Å². The maximum atomic E-state index is 14.8. The zero-order valence-electron chi connectivity index (χ0n) is 20.1. The molecular formula is C27H25F2N3O4. The number of likely N-dealkylation sites (N-methyl/N-ethyl adjacent to an activating group) is 1. The van der Waals surface area contributed by atoms with Gasteiger partial charge in [-0.05, 0) is 36.4 Å². The highest BCUT2D eigenvalue weighted by atomic mass is 19.1. The van der Waals surface area contributed by atoms with Crippen molar-refractivity contribution in [1.29, 1.82) is 0 Å². The summed E-state index contributed by atoms with van der Waals surface area (Å²) in [4.78, 5) is 27.3. The molecule has 0 aliphatic carbocycles. The number of rotatable bonds is 7. The van der Waals surface area contributed by atoms with Crippen LogP contribution < -0.4 is 9.47 Å². The van der Waals surface area contributed by atoms with Crippen LogP contribution in [0.1, 0.15) is 33.9 Å². The highest BCUT2D eigenvalue weighted by Gasteiger charge is 2.36. The summed E-state index contributed by atoms with van der Waals surface area (Å²) in [6, 6.07) is 15.9. The Morgan fingerprint density at radius 1 is 1.03 bits per heavy atom. The summed E-state index contributed by atoms with van der Waals surface area (Å²) < 4.78 is 39.1. The van der Waals surface area contributed by atoms with Gasteiger partial charge in [-0.2, -0.15) is 5.10 Å². The molecule has 0 saturated heterocycles. The fourth-order valence-electron chi connectivity index (χ4n) is 4.12. The Labute approximate surface area is 207 Å². The smallest absolute Gasteiger partial charge is 0.262 e. The third-order valence-corrected chi connectivity index (χ3v) is 5.94. The standard InChI is InChI=1S/C27H25F2N3O4/c1-31(27(34)17-7-6-8-18(28)13-17)16-26(33)32-24(20-9-4-5-10-22(20)29)15-23(30-32)21-12-11-19(35-2)14-25(21)36-3/h4-14,24H,15-16H2,1-3H3. The van der Waals surface area contributed by atoms with Crippen molar-refractivity contribution in [2.45, 2.75) is 12.5 Å². The lowest BCUT2D eigenvalue weighted by atomic mass is 9.97. The molecule has 1 aliphatic heterocycles. The molecule has 1 aliphatic rings. The van der Waals surface area contributed by atoms with Crippen LogP contribution in [0.3, 0.4) is 0 Å².